The Hall–Kier alpha value is -3.16. The fraction of sp³-hybridized carbons (Fsp3) is 0.600. The van der Waals surface area contributed by atoms with Gasteiger partial charge >= 0.3 is 18.3 Å². The molecule has 2 fully saturated rings. The number of benzene rings is 1. The van der Waals surface area contributed by atoms with Crippen LogP contribution < -0.4 is 16.0 Å². The molecule has 2 aliphatic rings. The zero-order chi connectivity index (χ0) is 28.4. The summed E-state index contributed by atoms with van der Waals surface area (Å²) in [5, 5.41) is 7.98. The molecule has 214 valence electrons. The molecule has 1 unspecified atom stereocenters. The van der Waals surface area contributed by atoms with E-state index in [0.29, 0.717) is 37.9 Å². The molecule has 8 nitrogen and oxygen atoms in total. The lowest BCUT2D eigenvalue weighted by Gasteiger charge is -2.47. The second kappa shape index (κ2) is 11.5. The van der Waals surface area contributed by atoms with Gasteiger partial charge in [0.05, 0.1) is 23.7 Å². The number of likely N-dealkylation sites (tertiary alicyclic amines) is 1. The molecule has 1 aliphatic heterocycles. The normalized spacial score (nSPS) is 21.7. The van der Waals surface area contributed by atoms with E-state index in [4.69, 9.17) is 0 Å². The Morgan fingerprint density at radius 2 is 1.74 bits per heavy atom. The fourth-order valence-electron chi connectivity index (χ4n) is 5.39. The summed E-state index contributed by atoms with van der Waals surface area (Å²) < 4.78 is 77.1. The highest BCUT2D eigenvalue weighted by molar-refractivity contribution is 5.91. The summed E-state index contributed by atoms with van der Waals surface area (Å²) in [5.41, 5.74) is -0.518. The SMILES string of the molecule is CCC(NC(=O)C(F)(F)F)C1CCC(N2CC(NC(=O)CNc3ncnc4ccc(C(F)(F)F)cc34)C2)CC1. The zero-order valence-electron chi connectivity index (χ0n) is 21.2. The lowest BCUT2D eigenvalue weighted by Crippen LogP contribution is -2.63. The van der Waals surface area contributed by atoms with Gasteiger partial charge in [-0.05, 0) is 56.2 Å². The molecule has 3 N–H and O–H groups in total. The van der Waals surface area contributed by atoms with Crippen molar-refractivity contribution in [3.05, 3.63) is 30.1 Å². The Kier molecular flexibility index (Phi) is 8.52. The monoisotopic (exact) mass is 560 g/mol. The van der Waals surface area contributed by atoms with Crippen LogP contribution in [-0.2, 0) is 15.8 Å². The predicted molar refractivity (Wildman–Crippen MR) is 131 cm³/mol. The third-order valence-electron chi connectivity index (χ3n) is 7.49. The van der Waals surface area contributed by atoms with Crippen LogP contribution in [0.4, 0.5) is 32.2 Å². The Bertz CT molecular complexity index is 1180. The van der Waals surface area contributed by atoms with Crippen molar-refractivity contribution in [1.29, 1.82) is 0 Å². The predicted octanol–water partition coefficient (Wildman–Crippen LogP) is 3.88. The number of nitrogens with zero attached hydrogens (tertiary/aromatic N) is 3. The number of fused-ring (bicyclic) bond motifs is 1. The minimum atomic E-state index is -4.89. The first-order chi connectivity index (χ1) is 18.3. The van der Waals surface area contributed by atoms with Crippen molar-refractivity contribution < 1.29 is 35.9 Å². The van der Waals surface area contributed by atoms with Crippen LogP contribution in [0.5, 0.6) is 0 Å². The van der Waals surface area contributed by atoms with Crippen LogP contribution in [-0.4, -0.2) is 70.6 Å². The molecule has 14 heteroatoms. The molecule has 1 aromatic carbocycles. The van der Waals surface area contributed by atoms with Crippen molar-refractivity contribution in [1.82, 2.24) is 25.5 Å². The van der Waals surface area contributed by atoms with Crippen LogP contribution in [0.2, 0.25) is 0 Å². The number of aromatic nitrogens is 2. The van der Waals surface area contributed by atoms with Gasteiger partial charge in [-0.1, -0.05) is 6.92 Å². The summed E-state index contributed by atoms with van der Waals surface area (Å²) in [7, 11) is 0. The van der Waals surface area contributed by atoms with E-state index in [0.717, 1.165) is 25.0 Å². The van der Waals surface area contributed by atoms with Gasteiger partial charge in [-0.3, -0.25) is 14.5 Å². The maximum Gasteiger partial charge on any atom is 0.471 e. The number of carbonyl (C=O) groups excluding carboxylic acids is 2. The summed E-state index contributed by atoms with van der Waals surface area (Å²) in [6.07, 6.45) is -4.76. The average molecular weight is 561 g/mol. The van der Waals surface area contributed by atoms with E-state index in [1.54, 1.807) is 6.92 Å². The lowest BCUT2D eigenvalue weighted by molar-refractivity contribution is -0.174. The van der Waals surface area contributed by atoms with E-state index >= 15 is 0 Å². The van der Waals surface area contributed by atoms with Crippen molar-refractivity contribution in [2.24, 2.45) is 5.92 Å². The Labute approximate surface area is 220 Å². The average Bonchev–Trinajstić information content (AvgIpc) is 2.86. The largest absolute Gasteiger partial charge is 0.471 e. The second-order valence-electron chi connectivity index (χ2n) is 10.1. The van der Waals surface area contributed by atoms with Gasteiger partial charge in [0.2, 0.25) is 5.91 Å². The van der Waals surface area contributed by atoms with E-state index < -0.39 is 29.9 Å². The standard InChI is InChI=1S/C25H30F6N6O2/c1-2-19(36-23(39)25(29,30)31)14-3-6-17(7-4-14)37-11-16(12-37)35-21(38)10-32-22-18-9-15(24(26,27)28)5-8-20(18)33-13-34-22/h5,8-9,13-14,16-17,19H,2-4,6-7,10-12H2,1H3,(H,35,38)(H,36,39)(H,32,33,34). The van der Waals surface area contributed by atoms with E-state index in [-0.39, 0.29) is 41.7 Å². The molecule has 2 amide bonds. The number of hydrogen-bond acceptors (Lipinski definition) is 6. The Morgan fingerprint density at radius 3 is 2.36 bits per heavy atom. The minimum Gasteiger partial charge on any atom is -0.360 e. The fourth-order valence-corrected chi connectivity index (χ4v) is 5.39. The number of nitrogens with one attached hydrogen (secondary N) is 3. The molecular weight excluding hydrogens is 530 g/mol. The summed E-state index contributed by atoms with van der Waals surface area (Å²) in [6.45, 7) is 2.85. The van der Waals surface area contributed by atoms with Crippen molar-refractivity contribution in [2.75, 3.05) is 25.0 Å². The smallest absolute Gasteiger partial charge is 0.360 e. The highest BCUT2D eigenvalue weighted by Crippen LogP contribution is 2.34. The van der Waals surface area contributed by atoms with E-state index in [2.05, 4.69) is 30.8 Å². The number of alkyl halides is 6. The molecule has 2 aromatic rings. The van der Waals surface area contributed by atoms with Crippen molar-refractivity contribution in [2.45, 2.75) is 69.5 Å². The summed E-state index contributed by atoms with van der Waals surface area (Å²) >= 11 is 0. The molecule has 1 saturated heterocycles. The molecule has 1 aliphatic carbocycles. The molecule has 2 heterocycles. The van der Waals surface area contributed by atoms with Gasteiger partial charge in [0.15, 0.2) is 0 Å². The number of carbonyl (C=O) groups is 2. The molecule has 0 spiro atoms. The number of halogens is 6. The first-order valence-corrected chi connectivity index (χ1v) is 12.8. The number of anilines is 1. The van der Waals surface area contributed by atoms with Crippen LogP contribution in [0.15, 0.2) is 24.5 Å². The molecule has 1 aromatic heterocycles. The van der Waals surface area contributed by atoms with Gasteiger partial charge in [-0.2, -0.15) is 26.3 Å². The van der Waals surface area contributed by atoms with E-state index in [1.165, 1.54) is 12.4 Å². The van der Waals surface area contributed by atoms with Crippen LogP contribution in [0.1, 0.15) is 44.6 Å². The van der Waals surface area contributed by atoms with Gasteiger partial charge in [-0.15, -0.1) is 0 Å². The van der Waals surface area contributed by atoms with Gasteiger partial charge in [0.25, 0.3) is 0 Å². The molecular formula is C25H30F6N6O2. The summed E-state index contributed by atoms with van der Waals surface area (Å²) in [4.78, 5) is 34.0. The maximum atomic E-state index is 13.1. The third kappa shape index (κ3) is 7.08. The molecule has 0 radical (unpaired) electrons. The number of rotatable bonds is 8. The number of hydrogen-bond donors (Lipinski definition) is 3. The van der Waals surface area contributed by atoms with Crippen LogP contribution in [0.25, 0.3) is 10.9 Å². The van der Waals surface area contributed by atoms with E-state index in [1.807, 2.05) is 0 Å². The maximum absolute atomic E-state index is 13.1. The topological polar surface area (TPSA) is 99.2 Å². The third-order valence-corrected chi connectivity index (χ3v) is 7.49. The van der Waals surface area contributed by atoms with Gasteiger partial charge in [-0.25, -0.2) is 9.97 Å². The van der Waals surface area contributed by atoms with Crippen molar-refractivity contribution >= 4 is 28.5 Å². The minimum absolute atomic E-state index is 0.00881. The Morgan fingerprint density at radius 1 is 1.05 bits per heavy atom. The summed E-state index contributed by atoms with van der Waals surface area (Å²) in [6, 6.07) is 2.81. The first-order valence-electron chi connectivity index (χ1n) is 12.8. The molecule has 39 heavy (non-hydrogen) atoms. The molecule has 4 rings (SSSR count). The summed E-state index contributed by atoms with van der Waals surface area (Å²) in [5.74, 6) is -2.10. The van der Waals surface area contributed by atoms with Crippen LogP contribution >= 0.6 is 0 Å². The van der Waals surface area contributed by atoms with Crippen molar-refractivity contribution in [3.63, 3.8) is 0 Å². The van der Waals surface area contributed by atoms with Gasteiger partial charge < -0.3 is 16.0 Å². The van der Waals surface area contributed by atoms with Crippen molar-refractivity contribution in [3.8, 4) is 0 Å². The van der Waals surface area contributed by atoms with Gasteiger partial charge in [0.1, 0.15) is 12.1 Å². The lowest BCUT2D eigenvalue weighted by atomic mass is 9.79. The molecule has 1 atom stereocenters. The van der Waals surface area contributed by atoms with E-state index in [9.17, 15) is 35.9 Å². The van der Waals surface area contributed by atoms with Gasteiger partial charge in [0, 0.05) is 30.6 Å². The van der Waals surface area contributed by atoms with Crippen LogP contribution in [0, 0.1) is 5.92 Å². The number of amides is 2. The highest BCUT2D eigenvalue weighted by atomic mass is 19.4. The Balaban J connectivity index is 1.21. The van der Waals surface area contributed by atoms with Crippen LogP contribution in [0.3, 0.4) is 0 Å². The first kappa shape index (κ1) is 28.8. The molecule has 1 saturated carbocycles. The quantitative estimate of drug-likeness (QED) is 0.424. The highest BCUT2D eigenvalue weighted by Gasteiger charge is 2.42. The molecule has 0 bridgehead atoms. The second-order valence-corrected chi connectivity index (χ2v) is 10.1. The zero-order valence-corrected chi connectivity index (χ0v) is 21.2.